The van der Waals surface area contributed by atoms with Gasteiger partial charge in [0.05, 0.1) is 19.8 Å². The topological polar surface area (TPSA) is 194 Å². The van der Waals surface area contributed by atoms with E-state index >= 15 is 0 Å². The molecule has 0 saturated carbocycles. The number of carbonyl (C=O) groups excluding carboxylic acids is 4. The maximum Gasteiger partial charge on any atom is 0.373 e. The average molecular weight is 720 g/mol. The number of nitrogens with zero attached hydrogens (tertiary/aromatic N) is 3. The molecular formula is C39H41N7O7. The predicted molar refractivity (Wildman–Crippen MR) is 198 cm³/mol. The summed E-state index contributed by atoms with van der Waals surface area (Å²) in [6.07, 6.45) is 1.35. The molecule has 0 aliphatic carbocycles. The van der Waals surface area contributed by atoms with Crippen molar-refractivity contribution < 1.29 is 33.8 Å². The summed E-state index contributed by atoms with van der Waals surface area (Å²) in [5, 5.41) is 22.1. The predicted octanol–water partition coefficient (Wildman–Crippen LogP) is 5.83. The molecule has 1 aromatic heterocycles. The van der Waals surface area contributed by atoms with Gasteiger partial charge in [-0.3, -0.25) is 9.59 Å². The number of phenols is 1. The Bertz CT molecular complexity index is 1900. The first-order valence-corrected chi connectivity index (χ1v) is 16.8. The summed E-state index contributed by atoms with van der Waals surface area (Å²) >= 11 is 0. The number of rotatable bonds is 19. The molecule has 274 valence electrons. The third kappa shape index (κ3) is 14.4. The molecule has 0 fully saturated rings. The monoisotopic (exact) mass is 719 g/mol. The second-order valence-corrected chi connectivity index (χ2v) is 11.5. The fourth-order valence-corrected chi connectivity index (χ4v) is 4.73. The lowest BCUT2D eigenvalue weighted by atomic mass is 10.1. The minimum absolute atomic E-state index is 0.113. The van der Waals surface area contributed by atoms with Gasteiger partial charge in [0.25, 0.3) is 5.91 Å². The molecule has 14 heteroatoms. The number of ether oxygens (including phenoxy) is 2. The van der Waals surface area contributed by atoms with Crippen LogP contribution in [0.2, 0.25) is 0 Å². The highest BCUT2D eigenvalue weighted by molar-refractivity contribution is 5.96. The Morgan fingerprint density at radius 3 is 1.87 bits per heavy atom. The highest BCUT2D eigenvalue weighted by Crippen LogP contribution is 2.21. The Hall–Kier alpha value is -6.47. The molecule has 5 rings (SSSR count). The number of aromatic hydroxyl groups is 1. The van der Waals surface area contributed by atoms with Gasteiger partial charge in [0.15, 0.2) is 5.78 Å². The summed E-state index contributed by atoms with van der Waals surface area (Å²) in [4.78, 5) is 54.6. The number of nitrogens with one attached hydrogen (secondary N) is 4. The fraction of sp³-hybridized carbons (Fsp3) is 0.231. The Kier molecular flexibility index (Phi) is 16.1. The number of benzene rings is 4. The van der Waals surface area contributed by atoms with Gasteiger partial charge in [-0.1, -0.05) is 60.2 Å². The lowest BCUT2D eigenvalue weighted by molar-refractivity contribution is -0.191. The first-order valence-electron chi connectivity index (χ1n) is 16.8. The van der Waals surface area contributed by atoms with Gasteiger partial charge in [-0.05, 0) is 67.4 Å². The Labute approximate surface area is 307 Å². The smallest absolute Gasteiger partial charge is 0.373 e. The highest BCUT2D eigenvalue weighted by atomic mass is 16.5. The van der Waals surface area contributed by atoms with Crippen LogP contribution in [0, 0.1) is 6.92 Å². The lowest BCUT2D eigenvalue weighted by Crippen LogP contribution is -2.22. The fourth-order valence-electron chi connectivity index (χ4n) is 4.73. The zero-order valence-corrected chi connectivity index (χ0v) is 29.2. The second-order valence-electron chi connectivity index (χ2n) is 11.5. The third-order valence-electron chi connectivity index (χ3n) is 7.43. The van der Waals surface area contributed by atoms with Crippen LogP contribution in [0.5, 0.6) is 5.75 Å². The summed E-state index contributed by atoms with van der Waals surface area (Å²) in [5.74, 6) is 0.962. The maximum atomic E-state index is 12.7. The van der Waals surface area contributed by atoms with Crippen molar-refractivity contribution in [2.24, 2.45) is 0 Å². The molecule has 1 heterocycles. The maximum absolute atomic E-state index is 12.7. The number of aromatic nitrogens is 3. The van der Waals surface area contributed by atoms with Crippen LogP contribution in [0.15, 0.2) is 103 Å². The number of carbonyl (C=O) groups is 2. The number of anilines is 5. The van der Waals surface area contributed by atoms with Crippen molar-refractivity contribution in [2.45, 2.75) is 26.3 Å². The molecule has 1 amide bonds. The first kappa shape index (κ1) is 39.3. The summed E-state index contributed by atoms with van der Waals surface area (Å²) in [6.45, 7) is 4.60. The van der Waals surface area contributed by atoms with Crippen molar-refractivity contribution in [2.75, 3.05) is 48.9 Å². The zero-order chi connectivity index (χ0) is 37.7. The molecule has 0 radical (unpaired) electrons. The van der Waals surface area contributed by atoms with Gasteiger partial charge in [-0.2, -0.15) is 24.5 Å². The van der Waals surface area contributed by atoms with E-state index < -0.39 is 0 Å². The summed E-state index contributed by atoms with van der Waals surface area (Å²) in [7, 11) is 0. The molecular weight excluding hydrogens is 678 g/mol. The largest absolute Gasteiger partial charge is 0.508 e. The molecule has 5 aromatic rings. The normalized spacial score (nSPS) is 10.3. The number of ketones is 1. The highest BCUT2D eigenvalue weighted by Gasteiger charge is 2.10. The quantitative estimate of drug-likeness (QED) is 0.0389. The number of hydrogen-bond acceptors (Lipinski definition) is 13. The Morgan fingerprint density at radius 2 is 1.25 bits per heavy atom. The van der Waals surface area contributed by atoms with E-state index in [-0.39, 0.29) is 35.5 Å². The molecule has 0 aliphatic rings. The summed E-state index contributed by atoms with van der Waals surface area (Å²) in [6, 6.07) is 30.8. The molecule has 0 unspecified atom stereocenters. The van der Waals surface area contributed by atoms with E-state index in [9.17, 15) is 14.7 Å². The van der Waals surface area contributed by atoms with Gasteiger partial charge in [0.1, 0.15) is 5.75 Å². The molecule has 4 aromatic carbocycles. The van der Waals surface area contributed by atoms with Crippen molar-refractivity contribution in [3.8, 4) is 5.75 Å². The molecule has 5 N–H and O–H groups in total. The molecule has 0 aliphatic heterocycles. The lowest BCUT2D eigenvalue weighted by Gasteiger charge is -2.12. The number of phenolic OH excluding ortho intramolecular Hbond substituents is 1. The van der Waals surface area contributed by atoms with Crippen molar-refractivity contribution >= 4 is 47.1 Å². The van der Waals surface area contributed by atoms with Gasteiger partial charge in [0.2, 0.25) is 17.8 Å². The number of aryl methyl sites for hydroxylation is 1. The average Bonchev–Trinajstić information content (AvgIpc) is 3.17. The molecule has 0 saturated heterocycles. The van der Waals surface area contributed by atoms with Crippen LogP contribution in [0.4, 0.5) is 29.2 Å². The van der Waals surface area contributed by atoms with E-state index in [2.05, 4.69) is 36.2 Å². The van der Waals surface area contributed by atoms with E-state index in [1.54, 1.807) is 48.5 Å². The molecule has 53 heavy (non-hydrogen) atoms. The minimum Gasteiger partial charge on any atom is -0.508 e. The van der Waals surface area contributed by atoms with Crippen molar-refractivity contribution in [1.82, 2.24) is 20.3 Å². The molecule has 0 bridgehead atoms. The first-order chi connectivity index (χ1) is 25.8. The number of amides is 1. The summed E-state index contributed by atoms with van der Waals surface area (Å²) < 4.78 is 11.3. The minimum atomic E-state index is -0.173. The van der Waals surface area contributed by atoms with Crippen molar-refractivity contribution in [3.63, 3.8) is 0 Å². The number of Topliss-reactive ketones (excluding diaryl/α,β-unsaturated/α-hetero) is 1. The van der Waals surface area contributed by atoms with Gasteiger partial charge in [-0.15, -0.1) is 0 Å². The molecule has 14 nitrogen and oxygen atoms in total. The van der Waals surface area contributed by atoms with E-state index in [1.165, 1.54) is 5.56 Å². The Morgan fingerprint density at radius 1 is 0.679 bits per heavy atom. The second kappa shape index (κ2) is 21.7. The van der Waals surface area contributed by atoms with E-state index in [1.807, 2.05) is 61.5 Å². The van der Waals surface area contributed by atoms with Crippen LogP contribution in [0.3, 0.4) is 0 Å². The molecule has 0 atom stereocenters. The van der Waals surface area contributed by atoms with Crippen LogP contribution in [0.25, 0.3) is 0 Å². The van der Waals surface area contributed by atoms with Crippen LogP contribution < -0.4 is 21.3 Å². The van der Waals surface area contributed by atoms with E-state index in [4.69, 9.17) is 19.1 Å². The van der Waals surface area contributed by atoms with Gasteiger partial charge >= 0.3 is 6.15 Å². The van der Waals surface area contributed by atoms with Crippen LogP contribution in [-0.2, 0) is 25.6 Å². The summed E-state index contributed by atoms with van der Waals surface area (Å²) in [5.41, 5.74) is 4.80. The van der Waals surface area contributed by atoms with E-state index in [0.29, 0.717) is 75.2 Å². The van der Waals surface area contributed by atoms with Gasteiger partial charge in [-0.25, -0.2) is 0 Å². The standard InChI is InChI=1S/C38H41N7O5.CO2/c1-27-9-11-28(12-10-27)26-40-35(48)30-13-15-31(16-14-30)41-37-43-36(44-38(45-37)42-32-17-19-33(46)20-18-32)39-21-23-50-25-24-49-22-5-8-34(47)29-6-3-2-4-7-29;2-1-3/h2-4,6-7,9-20,46H,5,8,21-26H2,1H3,(H,40,48)(H3,39,41,42,43,44,45);. The van der Waals surface area contributed by atoms with E-state index in [0.717, 1.165) is 11.1 Å². The number of hydrogen-bond donors (Lipinski definition) is 5. The van der Waals surface area contributed by atoms with Crippen LogP contribution in [-0.4, -0.2) is 70.9 Å². The zero-order valence-electron chi connectivity index (χ0n) is 29.2. The Balaban J connectivity index is 0.00000202. The van der Waals surface area contributed by atoms with Gasteiger partial charge in [0, 0.05) is 48.6 Å². The van der Waals surface area contributed by atoms with Crippen molar-refractivity contribution in [1.29, 1.82) is 0 Å². The van der Waals surface area contributed by atoms with Crippen LogP contribution in [0.1, 0.15) is 44.7 Å². The van der Waals surface area contributed by atoms with Gasteiger partial charge < -0.3 is 35.8 Å². The SMILES string of the molecule is Cc1ccc(CNC(=O)c2ccc(Nc3nc(NCCOCCOCCCC(=O)c4ccccc4)nc(Nc4ccc(O)cc4)n3)cc2)cc1.O=C=O. The molecule has 0 spiro atoms. The third-order valence-corrected chi connectivity index (χ3v) is 7.43. The van der Waals surface area contributed by atoms with Crippen LogP contribution >= 0.6 is 0 Å². The van der Waals surface area contributed by atoms with Crippen molar-refractivity contribution in [3.05, 3.63) is 125 Å².